The number of carbonyl (C=O) groups is 1. The van der Waals surface area contributed by atoms with Gasteiger partial charge in [-0.1, -0.05) is 0 Å². The molecule has 1 heterocycles. The summed E-state index contributed by atoms with van der Waals surface area (Å²) < 4.78 is 10.7. The molecule has 1 fully saturated rings. The number of piperidine rings is 1. The van der Waals surface area contributed by atoms with E-state index in [1.165, 1.54) is 7.11 Å². The Bertz CT molecular complexity index is 509. The Hall–Kier alpha value is -1.75. The highest BCUT2D eigenvalue weighted by Gasteiger charge is 2.19. The maximum atomic E-state index is 11.7. The van der Waals surface area contributed by atoms with Gasteiger partial charge < -0.3 is 19.7 Å². The topological polar surface area (TPSA) is 50.8 Å². The number of ether oxygens (including phenoxy) is 2. The normalized spacial score (nSPS) is 16.6. The van der Waals surface area contributed by atoms with Crippen LogP contribution in [-0.4, -0.2) is 50.3 Å². The number of nitrogens with zero attached hydrogens (tertiary/aromatic N) is 1. The molecule has 0 spiro atoms. The molecule has 0 aromatic heterocycles. The summed E-state index contributed by atoms with van der Waals surface area (Å²) in [6, 6.07) is 5.80. The summed E-state index contributed by atoms with van der Waals surface area (Å²) in [7, 11) is 3.53. The van der Waals surface area contributed by atoms with Gasteiger partial charge in [0, 0.05) is 6.04 Å². The van der Waals surface area contributed by atoms with Crippen LogP contribution in [0.4, 0.5) is 5.69 Å². The van der Waals surface area contributed by atoms with Crippen LogP contribution in [-0.2, 0) is 4.74 Å². The molecule has 0 saturated carbocycles. The van der Waals surface area contributed by atoms with Gasteiger partial charge in [-0.15, -0.1) is 0 Å². The first kappa shape index (κ1) is 16.6. The van der Waals surface area contributed by atoms with Crippen molar-refractivity contribution in [2.24, 2.45) is 0 Å². The third kappa shape index (κ3) is 4.37. The van der Waals surface area contributed by atoms with E-state index in [2.05, 4.69) is 17.3 Å². The molecule has 0 bridgehead atoms. The minimum atomic E-state index is -0.331. The molecule has 5 nitrogen and oxygen atoms in total. The number of nitrogens with one attached hydrogen (secondary N) is 1. The first-order chi connectivity index (χ1) is 10.5. The minimum Gasteiger partial charge on any atom is -0.489 e. The summed E-state index contributed by atoms with van der Waals surface area (Å²) in [5, 5.41) is 3.54. The molecule has 0 atom stereocenters. The molecule has 122 valence electrons. The molecule has 5 heteroatoms. The zero-order valence-corrected chi connectivity index (χ0v) is 13.9. The molecule has 0 aliphatic carbocycles. The quantitative estimate of drug-likeness (QED) is 0.848. The summed E-state index contributed by atoms with van der Waals surface area (Å²) in [6.07, 6.45) is 2.25. The van der Waals surface area contributed by atoms with E-state index in [4.69, 9.17) is 9.47 Å². The fourth-order valence-corrected chi connectivity index (χ4v) is 2.62. The first-order valence-electron chi connectivity index (χ1n) is 7.83. The number of likely N-dealkylation sites (tertiary alicyclic amines) is 1. The standard InChI is InChI=1S/C17H26N2O3/c1-12(2)22-16-6-5-13(17(20)21-4)11-15(16)18-14-7-9-19(3)10-8-14/h5-6,11-12,14,18H,7-10H2,1-4H3. The molecule has 0 radical (unpaired) electrons. The average Bonchev–Trinajstić information content (AvgIpc) is 2.50. The lowest BCUT2D eigenvalue weighted by Gasteiger charge is -2.31. The summed E-state index contributed by atoms with van der Waals surface area (Å²) in [5.41, 5.74) is 1.40. The van der Waals surface area contributed by atoms with Gasteiger partial charge in [0.15, 0.2) is 0 Å². The minimum absolute atomic E-state index is 0.0852. The number of benzene rings is 1. The molecule has 0 unspecified atom stereocenters. The maximum Gasteiger partial charge on any atom is 0.337 e. The highest BCUT2D eigenvalue weighted by Crippen LogP contribution is 2.29. The molecule has 1 aliphatic rings. The maximum absolute atomic E-state index is 11.7. The monoisotopic (exact) mass is 306 g/mol. The van der Waals surface area contributed by atoms with Gasteiger partial charge >= 0.3 is 5.97 Å². The van der Waals surface area contributed by atoms with Gasteiger partial charge in [-0.05, 0) is 65.0 Å². The van der Waals surface area contributed by atoms with Crippen molar-refractivity contribution in [2.45, 2.75) is 38.8 Å². The van der Waals surface area contributed by atoms with Gasteiger partial charge in [0.2, 0.25) is 0 Å². The van der Waals surface area contributed by atoms with E-state index < -0.39 is 0 Å². The van der Waals surface area contributed by atoms with Crippen molar-refractivity contribution < 1.29 is 14.3 Å². The first-order valence-corrected chi connectivity index (χ1v) is 7.83. The van der Waals surface area contributed by atoms with Gasteiger partial charge in [0.1, 0.15) is 5.75 Å². The second-order valence-electron chi connectivity index (χ2n) is 6.09. The van der Waals surface area contributed by atoms with Crippen molar-refractivity contribution in [3.8, 4) is 5.75 Å². The predicted molar refractivity (Wildman–Crippen MR) is 87.7 cm³/mol. The Morgan fingerprint density at radius 1 is 1.32 bits per heavy atom. The lowest BCUT2D eigenvalue weighted by atomic mass is 10.0. The lowest BCUT2D eigenvalue weighted by molar-refractivity contribution is 0.0600. The Morgan fingerprint density at radius 3 is 2.59 bits per heavy atom. The van der Waals surface area contributed by atoms with Crippen LogP contribution in [0.2, 0.25) is 0 Å². The summed E-state index contributed by atoms with van der Waals surface area (Å²) in [5.74, 6) is 0.448. The fourth-order valence-electron chi connectivity index (χ4n) is 2.62. The molecular formula is C17H26N2O3. The molecule has 1 aromatic rings. The van der Waals surface area contributed by atoms with Crippen LogP contribution >= 0.6 is 0 Å². The van der Waals surface area contributed by atoms with Crippen LogP contribution in [0.15, 0.2) is 18.2 Å². The van der Waals surface area contributed by atoms with Crippen LogP contribution in [0.25, 0.3) is 0 Å². The average molecular weight is 306 g/mol. The fraction of sp³-hybridized carbons (Fsp3) is 0.588. The van der Waals surface area contributed by atoms with Crippen LogP contribution in [0.5, 0.6) is 5.75 Å². The highest BCUT2D eigenvalue weighted by molar-refractivity contribution is 5.91. The Labute approximate surface area is 132 Å². The second-order valence-corrected chi connectivity index (χ2v) is 6.09. The molecule has 0 amide bonds. The van der Waals surface area contributed by atoms with Crippen LogP contribution in [0.3, 0.4) is 0 Å². The van der Waals surface area contributed by atoms with E-state index in [0.29, 0.717) is 11.6 Å². The molecule has 1 N–H and O–H groups in total. The zero-order chi connectivity index (χ0) is 16.1. The van der Waals surface area contributed by atoms with Crippen molar-refractivity contribution in [1.82, 2.24) is 4.90 Å². The zero-order valence-electron chi connectivity index (χ0n) is 13.9. The number of hydrogen-bond acceptors (Lipinski definition) is 5. The van der Waals surface area contributed by atoms with Crippen molar-refractivity contribution in [3.63, 3.8) is 0 Å². The molecule has 2 rings (SSSR count). The van der Waals surface area contributed by atoms with Gasteiger partial charge in [0.05, 0.1) is 24.5 Å². The van der Waals surface area contributed by atoms with Crippen molar-refractivity contribution in [2.75, 3.05) is 32.6 Å². The largest absolute Gasteiger partial charge is 0.489 e. The van der Waals surface area contributed by atoms with E-state index in [9.17, 15) is 4.79 Å². The third-order valence-corrected chi connectivity index (χ3v) is 3.84. The van der Waals surface area contributed by atoms with Gasteiger partial charge in [-0.3, -0.25) is 0 Å². The summed E-state index contributed by atoms with van der Waals surface area (Å²) in [4.78, 5) is 14.1. The van der Waals surface area contributed by atoms with Gasteiger partial charge in [0.25, 0.3) is 0 Å². The number of esters is 1. The van der Waals surface area contributed by atoms with Crippen molar-refractivity contribution in [1.29, 1.82) is 0 Å². The molecule has 1 aliphatic heterocycles. The van der Waals surface area contributed by atoms with Gasteiger partial charge in [-0.25, -0.2) is 4.79 Å². The molecule has 22 heavy (non-hydrogen) atoms. The smallest absolute Gasteiger partial charge is 0.337 e. The van der Waals surface area contributed by atoms with Crippen molar-refractivity contribution in [3.05, 3.63) is 23.8 Å². The summed E-state index contributed by atoms with van der Waals surface area (Å²) >= 11 is 0. The van der Waals surface area contributed by atoms with E-state index in [0.717, 1.165) is 37.4 Å². The van der Waals surface area contributed by atoms with Crippen LogP contribution < -0.4 is 10.1 Å². The van der Waals surface area contributed by atoms with Crippen LogP contribution in [0.1, 0.15) is 37.0 Å². The number of hydrogen-bond donors (Lipinski definition) is 1. The molecule has 1 saturated heterocycles. The SMILES string of the molecule is COC(=O)c1ccc(OC(C)C)c(NC2CCN(C)CC2)c1. The Balaban J connectivity index is 2.18. The van der Waals surface area contributed by atoms with E-state index in [1.54, 1.807) is 6.07 Å². The third-order valence-electron chi connectivity index (χ3n) is 3.84. The molecule has 1 aromatic carbocycles. The number of anilines is 1. The number of methoxy groups -OCH3 is 1. The van der Waals surface area contributed by atoms with Crippen molar-refractivity contribution >= 4 is 11.7 Å². The summed E-state index contributed by atoms with van der Waals surface area (Å²) in [6.45, 7) is 6.14. The Kier molecular flexibility index (Phi) is 5.66. The molecular weight excluding hydrogens is 280 g/mol. The predicted octanol–water partition coefficient (Wildman–Crippen LogP) is 2.77. The highest BCUT2D eigenvalue weighted by atomic mass is 16.5. The van der Waals surface area contributed by atoms with E-state index in [1.807, 2.05) is 26.0 Å². The second kappa shape index (κ2) is 7.49. The Morgan fingerprint density at radius 2 is 2.00 bits per heavy atom. The van der Waals surface area contributed by atoms with E-state index >= 15 is 0 Å². The lowest BCUT2D eigenvalue weighted by Crippen LogP contribution is -2.36. The van der Waals surface area contributed by atoms with Gasteiger partial charge in [-0.2, -0.15) is 0 Å². The van der Waals surface area contributed by atoms with E-state index in [-0.39, 0.29) is 12.1 Å². The number of carbonyl (C=O) groups excluding carboxylic acids is 1. The number of rotatable bonds is 5. The van der Waals surface area contributed by atoms with Crippen LogP contribution in [0, 0.1) is 0 Å².